The Bertz CT molecular complexity index is 1170. The minimum atomic E-state index is -0.672. The highest BCUT2D eigenvalue weighted by Crippen LogP contribution is 2.24. The molecule has 0 fully saturated rings. The summed E-state index contributed by atoms with van der Waals surface area (Å²) < 4.78 is 0. The van der Waals surface area contributed by atoms with Gasteiger partial charge >= 0.3 is 0 Å². The summed E-state index contributed by atoms with van der Waals surface area (Å²) in [5.74, 6) is 0.631. The Balaban J connectivity index is 1.30. The summed E-state index contributed by atoms with van der Waals surface area (Å²) >= 11 is 0. The molecule has 6 nitrogen and oxygen atoms in total. The lowest BCUT2D eigenvalue weighted by Crippen LogP contribution is -2.45. The molecule has 4 aromatic rings. The molecular formula is C34H38N4O2S2. The zero-order valence-corrected chi connectivity index (χ0v) is 25.3. The molecule has 2 amide bonds. The molecule has 0 saturated carbocycles. The minimum absolute atomic E-state index is 0.104. The molecule has 0 aliphatic heterocycles. The van der Waals surface area contributed by atoms with Gasteiger partial charge in [0.25, 0.3) is 0 Å². The second-order valence-electron chi connectivity index (χ2n) is 10.1. The Labute approximate surface area is 256 Å². The smallest absolute Gasteiger partial charge is 0.240 e. The van der Waals surface area contributed by atoms with Gasteiger partial charge in [-0.2, -0.15) is 0 Å². The Morgan fingerprint density at radius 1 is 0.476 bits per heavy atom. The van der Waals surface area contributed by atoms with Crippen molar-refractivity contribution in [2.24, 2.45) is 11.5 Å². The summed E-state index contributed by atoms with van der Waals surface area (Å²) in [6.45, 7) is 1.94. The maximum Gasteiger partial charge on any atom is 0.240 e. The van der Waals surface area contributed by atoms with Crippen molar-refractivity contribution in [2.45, 2.75) is 38.3 Å². The van der Waals surface area contributed by atoms with Gasteiger partial charge in [0.15, 0.2) is 0 Å². The van der Waals surface area contributed by atoms with Gasteiger partial charge in [-0.15, -0.1) is 0 Å². The molecule has 42 heavy (non-hydrogen) atoms. The number of amides is 2. The van der Waals surface area contributed by atoms with Gasteiger partial charge in [-0.3, -0.25) is 9.59 Å². The molecule has 4 aromatic carbocycles. The van der Waals surface area contributed by atoms with E-state index in [-0.39, 0.29) is 11.8 Å². The van der Waals surface area contributed by atoms with Crippen molar-refractivity contribution >= 4 is 33.4 Å². The average Bonchev–Trinajstić information content (AvgIpc) is 3.03. The van der Waals surface area contributed by atoms with Crippen LogP contribution < -0.4 is 11.5 Å². The molecule has 2 atom stereocenters. The van der Waals surface area contributed by atoms with Crippen LogP contribution in [-0.2, 0) is 35.8 Å². The molecule has 0 bridgehead atoms. The summed E-state index contributed by atoms with van der Waals surface area (Å²) in [6, 6.07) is 38.4. The van der Waals surface area contributed by atoms with Crippen molar-refractivity contribution in [1.82, 2.24) is 9.80 Å². The molecule has 218 valence electrons. The van der Waals surface area contributed by atoms with Gasteiger partial charge < -0.3 is 21.3 Å². The zero-order valence-electron chi connectivity index (χ0n) is 23.6. The van der Waals surface area contributed by atoms with Gasteiger partial charge in [0.2, 0.25) is 11.8 Å². The number of hydrogen-bond acceptors (Lipinski definition) is 6. The fourth-order valence-corrected chi connectivity index (χ4v) is 6.72. The normalized spacial score (nSPS) is 12.3. The first-order valence-electron chi connectivity index (χ1n) is 14.0. The summed E-state index contributed by atoms with van der Waals surface area (Å²) in [5, 5.41) is 0. The Hall–Kier alpha value is -3.56. The average molecular weight is 599 g/mol. The minimum Gasteiger partial charge on any atom is -0.333 e. The van der Waals surface area contributed by atoms with E-state index in [2.05, 4.69) is 0 Å². The van der Waals surface area contributed by atoms with Crippen LogP contribution in [0.2, 0.25) is 0 Å². The number of benzene rings is 4. The highest BCUT2D eigenvalue weighted by atomic mass is 33.1. The number of carbonyl (C=O) groups excluding carboxylic acids is 2. The maximum absolute atomic E-state index is 13.4. The molecule has 8 heteroatoms. The third-order valence-electron chi connectivity index (χ3n) is 6.70. The van der Waals surface area contributed by atoms with Gasteiger partial charge in [-0.05, 0) is 22.3 Å². The van der Waals surface area contributed by atoms with Crippen LogP contribution in [-0.4, -0.2) is 45.2 Å². The molecule has 0 aliphatic carbocycles. The van der Waals surface area contributed by atoms with E-state index in [9.17, 15) is 9.59 Å². The number of rotatable bonds is 15. The van der Waals surface area contributed by atoms with Gasteiger partial charge in [-0.25, -0.2) is 0 Å². The van der Waals surface area contributed by atoms with Crippen LogP contribution >= 0.6 is 21.6 Å². The Morgan fingerprint density at radius 2 is 0.714 bits per heavy atom. The SMILES string of the molecule is NC(CSSC[C@@H](N)C(=O)N(Cc1ccccc1)Cc1ccccc1)C(=O)N(Cc1ccccc1)Cc1ccccc1. The second kappa shape index (κ2) is 16.8. The quantitative estimate of drug-likeness (QED) is 0.139. The zero-order chi connectivity index (χ0) is 29.6. The number of carbonyl (C=O) groups is 2. The molecule has 0 saturated heterocycles. The van der Waals surface area contributed by atoms with Crippen LogP contribution in [0.25, 0.3) is 0 Å². The van der Waals surface area contributed by atoms with Crippen molar-refractivity contribution in [2.75, 3.05) is 11.5 Å². The molecule has 1 unspecified atom stereocenters. The van der Waals surface area contributed by atoms with Gasteiger partial charge in [0, 0.05) is 37.7 Å². The van der Waals surface area contributed by atoms with Gasteiger partial charge in [-0.1, -0.05) is 143 Å². The highest BCUT2D eigenvalue weighted by molar-refractivity contribution is 8.76. The van der Waals surface area contributed by atoms with E-state index in [0.29, 0.717) is 37.7 Å². The lowest BCUT2D eigenvalue weighted by molar-refractivity contribution is -0.134. The van der Waals surface area contributed by atoms with E-state index < -0.39 is 12.1 Å². The first kappa shape index (κ1) is 31.4. The molecule has 0 spiro atoms. The van der Waals surface area contributed by atoms with Crippen LogP contribution in [0.1, 0.15) is 22.3 Å². The Kier molecular flexibility index (Phi) is 12.5. The number of nitrogens with zero attached hydrogens (tertiary/aromatic N) is 2. The van der Waals surface area contributed by atoms with E-state index in [1.807, 2.05) is 121 Å². The van der Waals surface area contributed by atoms with Crippen LogP contribution in [0, 0.1) is 0 Å². The van der Waals surface area contributed by atoms with E-state index in [4.69, 9.17) is 11.5 Å². The molecular weight excluding hydrogens is 561 g/mol. The van der Waals surface area contributed by atoms with E-state index in [0.717, 1.165) is 22.3 Å². The van der Waals surface area contributed by atoms with Gasteiger partial charge in [0.05, 0.1) is 12.1 Å². The standard InChI is InChI=1S/C34H38N4O2S2/c35-31(33(39)37(21-27-13-5-1-6-14-27)22-28-15-7-2-8-16-28)25-41-42-26-32(36)34(40)38(23-29-17-9-3-10-18-29)24-30-19-11-4-12-20-30/h1-20,31-32H,21-26,35-36H2/t31-,32?/m1/s1. The number of nitrogens with two attached hydrogens (primary N) is 2. The predicted octanol–water partition coefficient (Wildman–Crippen LogP) is 5.48. The molecule has 0 radical (unpaired) electrons. The molecule has 0 aliphatic rings. The summed E-state index contributed by atoms with van der Waals surface area (Å²) in [4.78, 5) is 30.4. The van der Waals surface area contributed by atoms with Crippen molar-refractivity contribution < 1.29 is 9.59 Å². The Morgan fingerprint density at radius 3 is 0.952 bits per heavy atom. The lowest BCUT2D eigenvalue weighted by atomic mass is 10.1. The topological polar surface area (TPSA) is 92.7 Å². The predicted molar refractivity (Wildman–Crippen MR) is 175 cm³/mol. The maximum atomic E-state index is 13.4. The largest absolute Gasteiger partial charge is 0.333 e. The third-order valence-corrected chi connectivity index (χ3v) is 9.17. The van der Waals surface area contributed by atoms with Crippen molar-refractivity contribution in [3.63, 3.8) is 0 Å². The molecule has 4 rings (SSSR count). The molecule has 0 aromatic heterocycles. The van der Waals surface area contributed by atoms with E-state index in [1.54, 1.807) is 9.80 Å². The summed E-state index contributed by atoms with van der Waals surface area (Å²) in [6.07, 6.45) is 0. The van der Waals surface area contributed by atoms with Crippen LogP contribution in [0.3, 0.4) is 0 Å². The second-order valence-corrected chi connectivity index (χ2v) is 12.7. The highest BCUT2D eigenvalue weighted by Gasteiger charge is 2.24. The van der Waals surface area contributed by atoms with Crippen LogP contribution in [0.15, 0.2) is 121 Å². The van der Waals surface area contributed by atoms with Crippen LogP contribution in [0.5, 0.6) is 0 Å². The van der Waals surface area contributed by atoms with E-state index in [1.165, 1.54) is 21.6 Å². The van der Waals surface area contributed by atoms with Crippen molar-refractivity contribution in [1.29, 1.82) is 0 Å². The van der Waals surface area contributed by atoms with Crippen LogP contribution in [0.4, 0.5) is 0 Å². The van der Waals surface area contributed by atoms with Crippen molar-refractivity contribution in [3.8, 4) is 0 Å². The van der Waals surface area contributed by atoms with Crippen molar-refractivity contribution in [3.05, 3.63) is 144 Å². The summed E-state index contributed by atoms with van der Waals surface area (Å²) in [7, 11) is 2.96. The molecule has 0 heterocycles. The van der Waals surface area contributed by atoms with E-state index >= 15 is 0 Å². The third kappa shape index (κ3) is 10.1. The fourth-order valence-electron chi connectivity index (χ4n) is 4.49. The van der Waals surface area contributed by atoms with Gasteiger partial charge in [0.1, 0.15) is 0 Å². The molecule has 4 N–H and O–H groups in total. The first-order valence-corrected chi connectivity index (χ1v) is 16.5. The fraction of sp³-hybridized carbons (Fsp3) is 0.235. The lowest BCUT2D eigenvalue weighted by Gasteiger charge is -2.27. The summed E-state index contributed by atoms with van der Waals surface area (Å²) in [5.41, 5.74) is 17.0. The monoisotopic (exact) mass is 598 g/mol. The number of hydrogen-bond donors (Lipinski definition) is 2. The first-order chi connectivity index (χ1) is 20.5.